The standard InChI is InChI=1S/C21H33N3O5S/c1-3-4-14-22-20(26)21(12-6-5-7-13-21)24-19(25)17-8-10-18(11-9-17)30(27,28)23-15-16-29-2/h8-11,23H,3-7,12-16H2,1-2H3,(H,22,26)(H,24,25). The van der Waals surface area contributed by atoms with E-state index in [1.807, 2.05) is 0 Å². The maximum atomic E-state index is 12.9. The molecule has 1 aromatic carbocycles. The highest BCUT2D eigenvalue weighted by Crippen LogP contribution is 2.29. The number of ether oxygens (including phenoxy) is 1. The Balaban J connectivity index is 2.09. The molecule has 1 saturated carbocycles. The van der Waals surface area contributed by atoms with Crippen LogP contribution in [0.2, 0.25) is 0 Å². The first kappa shape index (κ1) is 24.3. The van der Waals surface area contributed by atoms with Gasteiger partial charge in [-0.15, -0.1) is 0 Å². The third-order valence-corrected chi connectivity index (χ3v) is 6.81. The van der Waals surface area contributed by atoms with E-state index in [1.165, 1.54) is 31.4 Å². The molecule has 30 heavy (non-hydrogen) atoms. The Labute approximate surface area is 179 Å². The summed E-state index contributed by atoms with van der Waals surface area (Å²) < 4.78 is 31.8. The highest BCUT2D eigenvalue weighted by molar-refractivity contribution is 7.89. The number of carbonyl (C=O) groups excluding carboxylic acids is 2. The molecule has 0 heterocycles. The molecular formula is C21H33N3O5S. The van der Waals surface area contributed by atoms with Gasteiger partial charge >= 0.3 is 0 Å². The quantitative estimate of drug-likeness (QED) is 0.456. The lowest BCUT2D eigenvalue weighted by molar-refractivity contribution is -0.128. The number of unbranched alkanes of at least 4 members (excludes halogenated alkanes) is 1. The van der Waals surface area contributed by atoms with E-state index >= 15 is 0 Å². The van der Waals surface area contributed by atoms with Gasteiger partial charge < -0.3 is 15.4 Å². The Morgan fingerprint density at radius 2 is 1.73 bits per heavy atom. The minimum Gasteiger partial charge on any atom is -0.383 e. The molecule has 2 amide bonds. The summed E-state index contributed by atoms with van der Waals surface area (Å²) in [6.45, 7) is 3.08. The number of hydrogen-bond acceptors (Lipinski definition) is 5. The predicted molar refractivity (Wildman–Crippen MR) is 115 cm³/mol. The van der Waals surface area contributed by atoms with Crippen LogP contribution in [0.5, 0.6) is 0 Å². The summed E-state index contributed by atoms with van der Waals surface area (Å²) in [5.41, 5.74) is -0.590. The number of hydrogen-bond donors (Lipinski definition) is 3. The zero-order valence-corrected chi connectivity index (χ0v) is 18.6. The summed E-state index contributed by atoms with van der Waals surface area (Å²) in [6.07, 6.45) is 5.89. The highest BCUT2D eigenvalue weighted by Gasteiger charge is 2.40. The number of amides is 2. The fourth-order valence-corrected chi connectivity index (χ4v) is 4.56. The fraction of sp³-hybridized carbons (Fsp3) is 0.619. The summed E-state index contributed by atoms with van der Waals surface area (Å²) in [4.78, 5) is 25.8. The number of sulfonamides is 1. The molecule has 3 N–H and O–H groups in total. The predicted octanol–water partition coefficient (Wildman–Crippen LogP) is 1.96. The van der Waals surface area contributed by atoms with Crippen LogP contribution in [-0.4, -0.2) is 52.6 Å². The molecule has 0 spiro atoms. The number of carbonyl (C=O) groups is 2. The summed E-state index contributed by atoms with van der Waals surface area (Å²) >= 11 is 0. The maximum Gasteiger partial charge on any atom is 0.252 e. The molecule has 2 rings (SSSR count). The SMILES string of the molecule is CCCCNC(=O)C1(NC(=O)c2ccc(S(=O)(=O)NCCOC)cc2)CCCCC1. The average Bonchev–Trinajstić information content (AvgIpc) is 2.74. The van der Waals surface area contributed by atoms with E-state index in [-0.39, 0.29) is 29.9 Å². The molecule has 0 aliphatic heterocycles. The van der Waals surface area contributed by atoms with Crippen molar-refractivity contribution in [1.82, 2.24) is 15.4 Å². The van der Waals surface area contributed by atoms with Gasteiger partial charge in [0.2, 0.25) is 15.9 Å². The van der Waals surface area contributed by atoms with Gasteiger partial charge in [-0.2, -0.15) is 0 Å². The summed E-state index contributed by atoms with van der Waals surface area (Å²) in [6, 6.07) is 5.70. The molecule has 0 atom stereocenters. The van der Waals surface area contributed by atoms with Gasteiger partial charge in [-0.3, -0.25) is 9.59 Å². The van der Waals surface area contributed by atoms with E-state index in [2.05, 4.69) is 22.3 Å². The number of benzene rings is 1. The third kappa shape index (κ3) is 6.52. The molecule has 0 bridgehead atoms. The monoisotopic (exact) mass is 439 g/mol. The first-order valence-electron chi connectivity index (χ1n) is 10.5. The summed E-state index contributed by atoms with van der Waals surface area (Å²) in [5.74, 6) is -0.510. The second-order valence-electron chi connectivity index (χ2n) is 7.62. The van der Waals surface area contributed by atoms with Gasteiger partial charge in [-0.05, 0) is 43.5 Å². The molecule has 0 saturated heterocycles. The van der Waals surface area contributed by atoms with E-state index in [0.29, 0.717) is 24.9 Å². The fourth-order valence-electron chi connectivity index (χ4n) is 3.55. The van der Waals surface area contributed by atoms with Gasteiger partial charge in [-0.1, -0.05) is 32.6 Å². The first-order chi connectivity index (χ1) is 14.3. The largest absolute Gasteiger partial charge is 0.383 e. The lowest BCUT2D eigenvalue weighted by Gasteiger charge is -2.36. The van der Waals surface area contributed by atoms with Crippen molar-refractivity contribution in [3.63, 3.8) is 0 Å². The molecule has 1 fully saturated rings. The first-order valence-corrected chi connectivity index (χ1v) is 12.0. The van der Waals surface area contributed by atoms with E-state index < -0.39 is 15.6 Å². The zero-order valence-electron chi connectivity index (χ0n) is 17.8. The Hall–Kier alpha value is -1.97. The van der Waals surface area contributed by atoms with E-state index in [4.69, 9.17) is 4.74 Å². The van der Waals surface area contributed by atoms with Gasteiger partial charge in [0.05, 0.1) is 11.5 Å². The minimum absolute atomic E-state index is 0.0693. The Bertz CT molecular complexity index is 802. The molecule has 1 aromatic rings. The molecule has 0 aromatic heterocycles. The average molecular weight is 440 g/mol. The number of nitrogens with one attached hydrogen (secondary N) is 3. The van der Waals surface area contributed by atoms with Crippen LogP contribution < -0.4 is 15.4 Å². The molecule has 0 unspecified atom stereocenters. The van der Waals surface area contributed by atoms with Crippen molar-refractivity contribution in [1.29, 1.82) is 0 Å². The lowest BCUT2D eigenvalue weighted by atomic mass is 9.80. The second-order valence-corrected chi connectivity index (χ2v) is 9.39. The van der Waals surface area contributed by atoms with Gasteiger partial charge in [0.25, 0.3) is 5.91 Å². The minimum atomic E-state index is -3.67. The van der Waals surface area contributed by atoms with E-state index in [9.17, 15) is 18.0 Å². The van der Waals surface area contributed by atoms with Crippen LogP contribution >= 0.6 is 0 Å². The molecule has 8 nitrogen and oxygen atoms in total. The van der Waals surface area contributed by atoms with Crippen molar-refractivity contribution in [2.45, 2.75) is 62.3 Å². The van der Waals surface area contributed by atoms with Crippen molar-refractivity contribution < 1.29 is 22.7 Å². The van der Waals surface area contributed by atoms with Crippen molar-refractivity contribution >= 4 is 21.8 Å². The van der Waals surface area contributed by atoms with Crippen LogP contribution in [-0.2, 0) is 19.6 Å². The van der Waals surface area contributed by atoms with Gasteiger partial charge in [0.1, 0.15) is 5.54 Å². The maximum absolute atomic E-state index is 12.9. The van der Waals surface area contributed by atoms with Crippen molar-refractivity contribution in [3.8, 4) is 0 Å². The number of rotatable bonds is 11. The lowest BCUT2D eigenvalue weighted by Crippen LogP contribution is -2.59. The van der Waals surface area contributed by atoms with E-state index in [1.54, 1.807) is 0 Å². The van der Waals surface area contributed by atoms with Crippen molar-refractivity contribution in [2.24, 2.45) is 0 Å². The van der Waals surface area contributed by atoms with Crippen LogP contribution in [0.1, 0.15) is 62.2 Å². The third-order valence-electron chi connectivity index (χ3n) is 5.34. The zero-order chi connectivity index (χ0) is 22.0. The van der Waals surface area contributed by atoms with Gasteiger partial charge in [0.15, 0.2) is 0 Å². The molecule has 1 aliphatic rings. The topological polar surface area (TPSA) is 114 Å². The Morgan fingerprint density at radius 1 is 1.07 bits per heavy atom. The van der Waals surface area contributed by atoms with Crippen LogP contribution in [0.3, 0.4) is 0 Å². The Morgan fingerprint density at radius 3 is 2.33 bits per heavy atom. The smallest absolute Gasteiger partial charge is 0.252 e. The highest BCUT2D eigenvalue weighted by atomic mass is 32.2. The molecule has 168 valence electrons. The Kier molecular flexibility index (Phi) is 9.26. The van der Waals surface area contributed by atoms with Crippen LogP contribution in [0.25, 0.3) is 0 Å². The van der Waals surface area contributed by atoms with Crippen LogP contribution in [0.4, 0.5) is 0 Å². The molecule has 1 aliphatic carbocycles. The molecule has 9 heteroatoms. The van der Waals surface area contributed by atoms with E-state index in [0.717, 1.165) is 32.1 Å². The normalized spacial score (nSPS) is 16.1. The van der Waals surface area contributed by atoms with Gasteiger partial charge in [-0.25, -0.2) is 13.1 Å². The van der Waals surface area contributed by atoms with Crippen LogP contribution in [0.15, 0.2) is 29.2 Å². The van der Waals surface area contributed by atoms with Crippen molar-refractivity contribution in [2.75, 3.05) is 26.8 Å². The van der Waals surface area contributed by atoms with Crippen LogP contribution in [0, 0.1) is 0 Å². The second kappa shape index (κ2) is 11.4. The van der Waals surface area contributed by atoms with Gasteiger partial charge in [0, 0.05) is 25.8 Å². The number of methoxy groups -OCH3 is 1. The van der Waals surface area contributed by atoms with Crippen molar-refractivity contribution in [3.05, 3.63) is 29.8 Å². The summed E-state index contributed by atoms with van der Waals surface area (Å²) in [5, 5.41) is 5.90. The molecule has 0 radical (unpaired) electrons. The molecular weight excluding hydrogens is 406 g/mol. The summed E-state index contributed by atoms with van der Waals surface area (Å²) in [7, 11) is -2.18.